The van der Waals surface area contributed by atoms with Crippen LogP contribution in [-0.4, -0.2) is 34.1 Å². The van der Waals surface area contributed by atoms with Crippen LogP contribution in [0, 0.1) is 0 Å². The third kappa shape index (κ3) is 6.99. The lowest BCUT2D eigenvalue weighted by Gasteiger charge is -2.35. The smallest absolute Gasteiger partial charge is 0.266 e. The Morgan fingerprint density at radius 3 is 1.45 bits per heavy atom. The molecule has 2 aliphatic rings. The summed E-state index contributed by atoms with van der Waals surface area (Å²) in [5.74, 6) is 0.941. The molecule has 0 fully saturated rings. The second-order valence-electron chi connectivity index (χ2n) is 16.6. The van der Waals surface area contributed by atoms with Crippen molar-refractivity contribution in [1.29, 1.82) is 0 Å². The van der Waals surface area contributed by atoms with E-state index in [0.717, 1.165) is 36.0 Å². The van der Waals surface area contributed by atoms with Gasteiger partial charge in [-0.3, -0.25) is 24.1 Å². The summed E-state index contributed by atoms with van der Waals surface area (Å²) >= 11 is 0. The molecule has 7 rings (SSSR count). The minimum Gasteiger partial charge on any atom is -0.457 e. The van der Waals surface area contributed by atoms with Gasteiger partial charge in [0.2, 0.25) is 0 Å². The fraction of sp³-hybridized carbons (Fsp3) is 0.320. The highest BCUT2D eigenvalue weighted by Gasteiger charge is 2.45. The fourth-order valence-corrected chi connectivity index (χ4v) is 8.27. The molecule has 8 nitrogen and oxygen atoms in total. The molecule has 298 valence electrons. The lowest BCUT2D eigenvalue weighted by Crippen LogP contribution is -2.48. The van der Waals surface area contributed by atoms with E-state index in [-0.39, 0.29) is 34.5 Å². The molecule has 0 bridgehead atoms. The van der Waals surface area contributed by atoms with Crippen LogP contribution in [0.3, 0.4) is 0 Å². The molecule has 1 unspecified atom stereocenters. The maximum Gasteiger partial charge on any atom is 0.266 e. The molecule has 8 heteroatoms. The highest BCUT2D eigenvalue weighted by Crippen LogP contribution is 2.40. The van der Waals surface area contributed by atoms with Crippen molar-refractivity contribution >= 4 is 29.3 Å². The van der Waals surface area contributed by atoms with Gasteiger partial charge in [-0.25, -0.2) is 4.90 Å². The van der Waals surface area contributed by atoms with Gasteiger partial charge in [-0.15, -0.1) is 0 Å². The quantitative estimate of drug-likeness (QED) is 0.104. The molecule has 58 heavy (non-hydrogen) atoms. The molecular formula is C50H52N2O6. The second kappa shape index (κ2) is 15.4. The predicted octanol–water partition coefficient (Wildman–Crippen LogP) is 12.0. The van der Waals surface area contributed by atoms with E-state index >= 15 is 0 Å². The van der Waals surface area contributed by atoms with Gasteiger partial charge in [-0.1, -0.05) is 91.3 Å². The Kier molecular flexibility index (Phi) is 10.7. The van der Waals surface area contributed by atoms with Gasteiger partial charge in [0.15, 0.2) is 0 Å². The molecule has 0 saturated heterocycles. The van der Waals surface area contributed by atoms with Crippen molar-refractivity contribution in [2.24, 2.45) is 0 Å². The van der Waals surface area contributed by atoms with Crippen LogP contribution in [0.5, 0.6) is 23.0 Å². The van der Waals surface area contributed by atoms with Gasteiger partial charge in [0.25, 0.3) is 23.6 Å². The summed E-state index contributed by atoms with van der Waals surface area (Å²) in [6.45, 7) is 16.8. The lowest BCUT2D eigenvalue weighted by atomic mass is 9.76. The SMILES string of the molecule is CCCC(C)(CC)c1cccc(N2C(=O)c3ccc(Oc4ccc(C(C)(C)c5ccc(Oc6ccc7c(c6)C(=O)N(C(C)(CC)CC)C7=O)cc5)cc4)cc3C2=O)c1. The van der Waals surface area contributed by atoms with Gasteiger partial charge in [-0.2, -0.15) is 0 Å². The summed E-state index contributed by atoms with van der Waals surface area (Å²) in [5.41, 5.74) is 4.35. The van der Waals surface area contributed by atoms with Crippen LogP contribution in [0.2, 0.25) is 0 Å². The van der Waals surface area contributed by atoms with Gasteiger partial charge in [-0.05, 0) is 128 Å². The first kappa shape index (κ1) is 40.2. The molecule has 0 spiro atoms. The summed E-state index contributed by atoms with van der Waals surface area (Å²) < 4.78 is 12.4. The number of carbonyl (C=O) groups is 4. The van der Waals surface area contributed by atoms with Crippen molar-refractivity contribution in [2.75, 3.05) is 4.90 Å². The minimum atomic E-state index is -0.543. The number of hydrogen-bond donors (Lipinski definition) is 0. The first-order valence-corrected chi connectivity index (χ1v) is 20.4. The summed E-state index contributed by atoms with van der Waals surface area (Å²) in [5, 5.41) is 0. The summed E-state index contributed by atoms with van der Waals surface area (Å²) in [7, 11) is 0. The molecule has 5 aromatic rings. The van der Waals surface area contributed by atoms with E-state index < -0.39 is 5.54 Å². The molecule has 1 atom stereocenters. The molecule has 0 aliphatic carbocycles. The van der Waals surface area contributed by atoms with E-state index in [1.807, 2.05) is 87.5 Å². The number of amides is 4. The lowest BCUT2D eigenvalue weighted by molar-refractivity contribution is 0.0434. The predicted molar refractivity (Wildman–Crippen MR) is 228 cm³/mol. The number of rotatable bonds is 14. The molecule has 0 N–H and O–H groups in total. The highest BCUT2D eigenvalue weighted by molar-refractivity contribution is 6.34. The molecule has 5 aromatic carbocycles. The Morgan fingerprint density at radius 2 is 0.948 bits per heavy atom. The van der Waals surface area contributed by atoms with Crippen LogP contribution < -0.4 is 14.4 Å². The molecule has 0 radical (unpaired) electrons. The van der Waals surface area contributed by atoms with Crippen molar-refractivity contribution in [3.05, 3.63) is 148 Å². The molecular weight excluding hydrogens is 725 g/mol. The Bertz CT molecular complexity index is 2410. The van der Waals surface area contributed by atoms with E-state index in [1.54, 1.807) is 36.4 Å². The number of hydrogen-bond acceptors (Lipinski definition) is 6. The minimum absolute atomic E-state index is 0.0393. The Labute approximate surface area is 341 Å². The third-order valence-corrected chi connectivity index (χ3v) is 12.8. The van der Waals surface area contributed by atoms with E-state index in [9.17, 15) is 19.2 Å². The van der Waals surface area contributed by atoms with Gasteiger partial charge < -0.3 is 9.47 Å². The van der Waals surface area contributed by atoms with Crippen molar-refractivity contribution in [3.8, 4) is 23.0 Å². The summed E-state index contributed by atoms with van der Waals surface area (Å²) in [6, 6.07) is 33.6. The number of anilines is 1. The van der Waals surface area contributed by atoms with Crippen LogP contribution in [0.15, 0.2) is 109 Å². The zero-order valence-corrected chi connectivity index (χ0v) is 34.8. The molecule has 2 heterocycles. The monoisotopic (exact) mass is 776 g/mol. The average Bonchev–Trinajstić information content (AvgIpc) is 3.64. The molecule has 4 amide bonds. The number of nitrogens with zero attached hydrogens (tertiary/aromatic N) is 2. The van der Waals surface area contributed by atoms with Crippen molar-refractivity contribution < 1.29 is 28.7 Å². The van der Waals surface area contributed by atoms with E-state index in [2.05, 4.69) is 40.7 Å². The normalized spacial score (nSPS) is 15.1. The van der Waals surface area contributed by atoms with E-state index in [1.165, 1.54) is 9.80 Å². The van der Waals surface area contributed by atoms with Crippen LogP contribution in [0.25, 0.3) is 0 Å². The van der Waals surface area contributed by atoms with Crippen LogP contribution in [-0.2, 0) is 10.8 Å². The number of carbonyl (C=O) groups excluding carboxylic acids is 4. The second-order valence-corrected chi connectivity index (χ2v) is 16.6. The number of fused-ring (bicyclic) bond motifs is 2. The van der Waals surface area contributed by atoms with Crippen molar-refractivity contribution in [1.82, 2.24) is 4.90 Å². The number of benzene rings is 5. The Hall–Kier alpha value is -6.02. The van der Waals surface area contributed by atoms with Gasteiger partial charge in [0.05, 0.1) is 27.9 Å². The first-order valence-electron chi connectivity index (χ1n) is 20.4. The molecule has 2 aliphatic heterocycles. The molecule has 0 aromatic heterocycles. The Balaban J connectivity index is 1.02. The third-order valence-electron chi connectivity index (χ3n) is 12.8. The fourth-order valence-electron chi connectivity index (χ4n) is 8.27. The first-order chi connectivity index (χ1) is 27.7. The van der Waals surface area contributed by atoms with Crippen LogP contribution >= 0.6 is 0 Å². The van der Waals surface area contributed by atoms with Gasteiger partial charge in [0.1, 0.15) is 23.0 Å². The summed E-state index contributed by atoms with van der Waals surface area (Å²) in [4.78, 5) is 56.5. The zero-order chi connectivity index (χ0) is 41.6. The largest absolute Gasteiger partial charge is 0.457 e. The van der Waals surface area contributed by atoms with Crippen LogP contribution in [0.1, 0.15) is 146 Å². The summed E-state index contributed by atoms with van der Waals surface area (Å²) in [6.07, 6.45) is 4.37. The standard InChI is InChI=1S/C50H52N2O6/c1-9-28-49(7,10-2)34-14-13-15-35(29-34)51-44(53)40-26-24-38(30-42(40)45(51)54)57-36-20-16-32(17-21-36)48(5,6)33-18-22-37(23-19-33)58-39-25-27-41-43(31-39)47(56)52(46(41)55)50(8,11-3)12-4/h13-27,29-31H,9-12,28H2,1-8H3. The van der Waals surface area contributed by atoms with Gasteiger partial charge >= 0.3 is 0 Å². The van der Waals surface area contributed by atoms with Crippen LogP contribution in [0.4, 0.5) is 5.69 Å². The Morgan fingerprint density at radius 1 is 0.483 bits per heavy atom. The number of imide groups is 2. The zero-order valence-electron chi connectivity index (χ0n) is 34.8. The highest BCUT2D eigenvalue weighted by atomic mass is 16.5. The topological polar surface area (TPSA) is 93.2 Å². The number of ether oxygens (including phenoxy) is 2. The maximum atomic E-state index is 13.7. The van der Waals surface area contributed by atoms with E-state index in [0.29, 0.717) is 63.8 Å². The van der Waals surface area contributed by atoms with Crippen molar-refractivity contribution in [3.63, 3.8) is 0 Å². The average molecular weight is 777 g/mol. The maximum absolute atomic E-state index is 13.7. The van der Waals surface area contributed by atoms with Gasteiger partial charge in [0, 0.05) is 11.0 Å². The van der Waals surface area contributed by atoms with Crippen molar-refractivity contribution in [2.45, 2.75) is 104 Å². The van der Waals surface area contributed by atoms with E-state index in [4.69, 9.17) is 9.47 Å². The molecule has 0 saturated carbocycles.